The first-order chi connectivity index (χ1) is 8.05. The summed E-state index contributed by atoms with van der Waals surface area (Å²) in [6.07, 6.45) is 2.09. The third-order valence-electron chi connectivity index (χ3n) is 2.19. The van der Waals surface area contributed by atoms with Crippen LogP contribution in [-0.4, -0.2) is 23.2 Å². The number of rotatable bonds is 5. The number of nitrogens with zero attached hydrogens (tertiary/aromatic N) is 4. The van der Waals surface area contributed by atoms with Gasteiger partial charge in [0, 0.05) is 0 Å². The van der Waals surface area contributed by atoms with E-state index in [2.05, 4.69) is 75.8 Å². The molecule has 0 bridgehead atoms. The summed E-state index contributed by atoms with van der Waals surface area (Å²) >= 11 is 0. The van der Waals surface area contributed by atoms with Crippen LogP contribution in [0, 0.1) is 0 Å². The highest BCUT2D eigenvalue weighted by atomic mass is 15.2. The van der Waals surface area contributed by atoms with Crippen LogP contribution < -0.4 is 0 Å². The van der Waals surface area contributed by atoms with E-state index in [-0.39, 0.29) is 23.2 Å². The molecule has 0 aliphatic rings. The van der Waals surface area contributed by atoms with Gasteiger partial charge in [-0.25, -0.2) is 0 Å². The fourth-order valence-electron chi connectivity index (χ4n) is 1.28. The van der Waals surface area contributed by atoms with Crippen LogP contribution in [0.3, 0.4) is 0 Å². The van der Waals surface area contributed by atoms with E-state index in [1.165, 1.54) is 0 Å². The van der Waals surface area contributed by atoms with Crippen LogP contribution in [0.15, 0.2) is 20.5 Å². The number of hydrogen-bond donors (Lipinski definition) is 0. The zero-order chi connectivity index (χ0) is 14.4. The van der Waals surface area contributed by atoms with Crippen molar-refractivity contribution in [3.63, 3.8) is 0 Å². The fourth-order valence-corrected chi connectivity index (χ4v) is 1.28. The van der Waals surface area contributed by atoms with E-state index in [1.807, 2.05) is 0 Å². The van der Waals surface area contributed by atoms with E-state index >= 15 is 0 Å². The third-order valence-corrected chi connectivity index (χ3v) is 2.19. The molecule has 0 radical (unpaired) electrons. The van der Waals surface area contributed by atoms with Crippen molar-refractivity contribution in [3.05, 3.63) is 0 Å². The van der Waals surface area contributed by atoms with Gasteiger partial charge >= 0.3 is 0 Å². The van der Waals surface area contributed by atoms with Gasteiger partial charge in [-0.1, -0.05) is 13.3 Å². The van der Waals surface area contributed by atoms with Crippen molar-refractivity contribution in [1.29, 1.82) is 0 Å². The first kappa shape index (κ1) is 17.2. The molecule has 2 unspecified atom stereocenters. The second-order valence-electron chi connectivity index (χ2n) is 6.87. The predicted molar refractivity (Wildman–Crippen MR) is 77.4 cm³/mol. The molecule has 18 heavy (non-hydrogen) atoms. The second-order valence-corrected chi connectivity index (χ2v) is 6.87. The molecule has 0 amide bonds. The summed E-state index contributed by atoms with van der Waals surface area (Å²) in [6, 6.07) is 0.232. The van der Waals surface area contributed by atoms with Crippen molar-refractivity contribution in [3.8, 4) is 0 Å². The highest BCUT2D eigenvalue weighted by Gasteiger charge is 2.18. The van der Waals surface area contributed by atoms with Gasteiger partial charge in [0.15, 0.2) is 0 Å². The molecule has 0 saturated heterocycles. The van der Waals surface area contributed by atoms with Crippen LogP contribution in [0.5, 0.6) is 0 Å². The lowest BCUT2D eigenvalue weighted by Gasteiger charge is -2.18. The first-order valence-corrected chi connectivity index (χ1v) is 6.89. The Hall–Kier alpha value is -0.800. The summed E-state index contributed by atoms with van der Waals surface area (Å²) in [4.78, 5) is 0. The molecule has 2 atom stereocenters. The Morgan fingerprint density at radius 1 is 0.833 bits per heavy atom. The molecule has 0 aromatic heterocycles. The molecule has 0 saturated carbocycles. The Morgan fingerprint density at radius 2 is 1.28 bits per heavy atom. The van der Waals surface area contributed by atoms with Gasteiger partial charge in [-0.2, -0.15) is 20.5 Å². The highest BCUT2D eigenvalue weighted by Crippen LogP contribution is 2.17. The van der Waals surface area contributed by atoms with Crippen molar-refractivity contribution >= 4 is 0 Å². The Labute approximate surface area is 112 Å². The number of azo groups is 2. The zero-order valence-corrected chi connectivity index (χ0v) is 13.4. The Balaban J connectivity index is 4.69. The van der Waals surface area contributed by atoms with Gasteiger partial charge < -0.3 is 0 Å². The van der Waals surface area contributed by atoms with Gasteiger partial charge in [-0.05, 0) is 54.9 Å². The lowest BCUT2D eigenvalue weighted by atomic mass is 10.1. The minimum atomic E-state index is -0.119. The summed E-state index contributed by atoms with van der Waals surface area (Å²) in [5.41, 5.74) is -0.237. The van der Waals surface area contributed by atoms with Crippen LogP contribution in [0.2, 0.25) is 0 Å². The molecule has 0 fully saturated rings. The van der Waals surface area contributed by atoms with Gasteiger partial charge in [-0.3, -0.25) is 0 Å². The van der Waals surface area contributed by atoms with Crippen LogP contribution in [0.1, 0.15) is 68.2 Å². The molecule has 0 N–H and O–H groups in total. The monoisotopic (exact) mass is 254 g/mol. The minimum absolute atomic E-state index is 0.0928. The maximum absolute atomic E-state index is 4.46. The molecule has 0 aliphatic carbocycles. The molecule has 0 heterocycles. The molecule has 0 spiro atoms. The Morgan fingerprint density at radius 3 is 1.67 bits per heavy atom. The maximum Gasteiger partial charge on any atom is 0.0946 e. The summed E-state index contributed by atoms with van der Waals surface area (Å²) in [6.45, 7) is 16.5. The molecular formula is C14H30N4. The second kappa shape index (κ2) is 6.95. The lowest BCUT2D eigenvalue weighted by Crippen LogP contribution is -2.21. The Kier molecular flexibility index (Phi) is 6.64. The van der Waals surface area contributed by atoms with Crippen molar-refractivity contribution < 1.29 is 0 Å². The summed E-state index contributed by atoms with van der Waals surface area (Å²) in [5.74, 6) is 0. The van der Waals surface area contributed by atoms with Crippen molar-refractivity contribution in [2.45, 2.75) is 91.4 Å². The van der Waals surface area contributed by atoms with E-state index in [4.69, 9.17) is 0 Å². The van der Waals surface area contributed by atoms with Gasteiger partial charge in [0.25, 0.3) is 0 Å². The summed E-state index contributed by atoms with van der Waals surface area (Å²) in [5, 5.41) is 17.5. The van der Waals surface area contributed by atoms with Crippen LogP contribution >= 0.6 is 0 Å². The van der Waals surface area contributed by atoms with Gasteiger partial charge in [0.1, 0.15) is 0 Å². The van der Waals surface area contributed by atoms with Crippen molar-refractivity contribution in [2.75, 3.05) is 0 Å². The molecule has 0 aromatic rings. The normalized spacial score (nSPS) is 17.6. The summed E-state index contributed by atoms with van der Waals surface area (Å²) in [7, 11) is 0. The SMILES string of the molecule is CCCC(N=NC(C)(C)C)C(C)N=NC(C)(C)C. The quantitative estimate of drug-likeness (QED) is 0.617. The predicted octanol–water partition coefficient (Wildman–Crippen LogP) is 5.05. The largest absolute Gasteiger partial charge is 0.188 e. The van der Waals surface area contributed by atoms with Crippen LogP contribution in [0.25, 0.3) is 0 Å². The Bertz CT molecular complexity index is 281. The third kappa shape index (κ3) is 9.25. The number of hydrogen-bond acceptors (Lipinski definition) is 4. The van der Waals surface area contributed by atoms with E-state index in [9.17, 15) is 0 Å². The van der Waals surface area contributed by atoms with E-state index in [1.54, 1.807) is 0 Å². The molecular weight excluding hydrogens is 224 g/mol. The zero-order valence-electron chi connectivity index (χ0n) is 13.4. The minimum Gasteiger partial charge on any atom is -0.188 e. The molecule has 0 aromatic carbocycles. The van der Waals surface area contributed by atoms with Crippen molar-refractivity contribution in [2.24, 2.45) is 20.5 Å². The average Bonchev–Trinajstić information content (AvgIpc) is 2.18. The van der Waals surface area contributed by atoms with Gasteiger partial charge in [0.05, 0.1) is 23.2 Å². The van der Waals surface area contributed by atoms with Crippen LogP contribution in [0.4, 0.5) is 0 Å². The summed E-state index contributed by atoms with van der Waals surface area (Å²) < 4.78 is 0. The topological polar surface area (TPSA) is 49.4 Å². The first-order valence-electron chi connectivity index (χ1n) is 6.89. The molecule has 4 nitrogen and oxygen atoms in total. The van der Waals surface area contributed by atoms with E-state index < -0.39 is 0 Å². The van der Waals surface area contributed by atoms with Gasteiger partial charge in [-0.15, -0.1) is 0 Å². The van der Waals surface area contributed by atoms with Gasteiger partial charge in [0.2, 0.25) is 0 Å². The van der Waals surface area contributed by atoms with Crippen molar-refractivity contribution in [1.82, 2.24) is 0 Å². The fraction of sp³-hybridized carbons (Fsp3) is 1.00. The van der Waals surface area contributed by atoms with E-state index in [0.717, 1.165) is 12.8 Å². The average molecular weight is 254 g/mol. The van der Waals surface area contributed by atoms with E-state index in [0.29, 0.717) is 0 Å². The maximum atomic E-state index is 4.46. The smallest absolute Gasteiger partial charge is 0.0946 e. The van der Waals surface area contributed by atoms with Crippen LogP contribution in [-0.2, 0) is 0 Å². The highest BCUT2D eigenvalue weighted by molar-refractivity contribution is 4.79. The molecule has 106 valence electrons. The lowest BCUT2D eigenvalue weighted by molar-refractivity contribution is 0.428. The molecule has 0 aliphatic heterocycles. The molecule has 0 rings (SSSR count). The molecule has 4 heteroatoms. The standard InChI is InChI=1S/C14H30N4/c1-9-10-12(16-18-14(6,7)8)11(2)15-17-13(3,4)5/h11-12H,9-10H2,1-8H3.